The summed E-state index contributed by atoms with van der Waals surface area (Å²) in [5.74, 6) is -1.40. The van der Waals surface area contributed by atoms with Crippen LogP contribution in [0.1, 0.15) is 20.7 Å². The fourth-order valence-corrected chi connectivity index (χ4v) is 7.38. The first-order chi connectivity index (χ1) is 19.4. The number of methoxy groups -OCH3 is 1. The number of rotatable bonds is 9. The molecule has 0 aliphatic heterocycles. The summed E-state index contributed by atoms with van der Waals surface area (Å²) in [7, 11) is -6.68. The van der Waals surface area contributed by atoms with Crippen LogP contribution >= 0.6 is 34.5 Å². The monoisotopic (exact) mass is 654 g/mol. The Hall–Kier alpha value is -3.82. The summed E-state index contributed by atoms with van der Waals surface area (Å²) >= 11 is 13.3. The number of para-hydroxylation sites is 2. The number of halogens is 2. The Morgan fingerprint density at radius 2 is 1.46 bits per heavy atom. The van der Waals surface area contributed by atoms with E-state index in [1.807, 2.05) is 0 Å². The van der Waals surface area contributed by atoms with Crippen LogP contribution in [0.4, 0.5) is 11.4 Å². The first-order valence-electron chi connectivity index (χ1n) is 11.3. The number of sulfonamides is 2. The molecule has 0 aliphatic rings. The molecule has 11 nitrogen and oxygen atoms in total. The van der Waals surface area contributed by atoms with E-state index in [-0.39, 0.29) is 42.5 Å². The molecule has 0 radical (unpaired) electrons. The van der Waals surface area contributed by atoms with Gasteiger partial charge in [0.25, 0.3) is 31.9 Å². The Morgan fingerprint density at radius 1 is 0.780 bits per heavy atom. The molecule has 4 N–H and O–H groups in total. The van der Waals surface area contributed by atoms with Crippen LogP contribution in [0, 0.1) is 0 Å². The van der Waals surface area contributed by atoms with Gasteiger partial charge < -0.3 is 4.74 Å². The van der Waals surface area contributed by atoms with Gasteiger partial charge >= 0.3 is 0 Å². The minimum atomic E-state index is -4.29. The standard InChI is InChI=1S/C25H20Cl2N4O7S3/c1-38-21-6-3-2-5-20(21)31-40(34,35)22-13-17(18(26)14-19(22)27)25(33)29-28-24(32)15-8-10-16(11-9-15)30-41(36,37)23-7-4-12-39-23/h2-14,30-31H,1H3,(H,28,32)(H,29,33). The van der Waals surface area contributed by atoms with Gasteiger partial charge in [0, 0.05) is 11.3 Å². The SMILES string of the molecule is COc1ccccc1NS(=O)(=O)c1cc(C(=O)NNC(=O)c2ccc(NS(=O)(=O)c3cccs3)cc2)c(Cl)cc1Cl. The summed E-state index contributed by atoms with van der Waals surface area (Å²) < 4.78 is 60.9. The molecule has 3 aromatic carbocycles. The van der Waals surface area contributed by atoms with Crippen LogP contribution in [0.5, 0.6) is 5.75 Å². The summed E-state index contributed by atoms with van der Waals surface area (Å²) in [6.07, 6.45) is 0. The molecule has 4 aromatic rings. The van der Waals surface area contributed by atoms with Gasteiger partial charge in [-0.15, -0.1) is 11.3 Å². The van der Waals surface area contributed by atoms with Crippen molar-refractivity contribution in [3.05, 3.63) is 99.3 Å². The molecule has 1 aromatic heterocycles. The van der Waals surface area contributed by atoms with Crippen LogP contribution < -0.4 is 25.0 Å². The second kappa shape index (κ2) is 12.4. The van der Waals surface area contributed by atoms with Crippen molar-refractivity contribution in [2.75, 3.05) is 16.6 Å². The molecule has 0 unspecified atom stereocenters. The molecule has 0 atom stereocenters. The lowest BCUT2D eigenvalue weighted by Gasteiger charge is -2.14. The number of anilines is 2. The maximum Gasteiger partial charge on any atom is 0.271 e. The molecule has 16 heteroatoms. The van der Waals surface area contributed by atoms with Crippen molar-refractivity contribution in [3.8, 4) is 5.75 Å². The maximum atomic E-state index is 13.1. The topological polar surface area (TPSA) is 160 Å². The number of carbonyl (C=O) groups excluding carboxylic acids is 2. The minimum Gasteiger partial charge on any atom is -0.495 e. The van der Waals surface area contributed by atoms with Crippen LogP contribution in [0.2, 0.25) is 10.0 Å². The van der Waals surface area contributed by atoms with Crippen LogP contribution in [0.15, 0.2) is 87.3 Å². The van der Waals surface area contributed by atoms with E-state index in [2.05, 4.69) is 20.3 Å². The number of hydrogen-bond donors (Lipinski definition) is 4. The van der Waals surface area contributed by atoms with Gasteiger partial charge in [-0.2, -0.15) is 0 Å². The van der Waals surface area contributed by atoms with Crippen molar-refractivity contribution in [2.45, 2.75) is 9.10 Å². The number of amides is 2. The summed E-state index contributed by atoms with van der Waals surface area (Å²) in [6, 6.07) is 16.9. The highest BCUT2D eigenvalue weighted by molar-refractivity contribution is 7.94. The number of ether oxygens (including phenoxy) is 1. The van der Waals surface area contributed by atoms with Gasteiger partial charge in [0.15, 0.2) is 0 Å². The predicted octanol–water partition coefficient (Wildman–Crippen LogP) is 4.74. The summed E-state index contributed by atoms with van der Waals surface area (Å²) in [5.41, 5.74) is 4.54. The Kier molecular flexibility index (Phi) is 9.09. The smallest absolute Gasteiger partial charge is 0.271 e. The molecule has 0 saturated heterocycles. The quantitative estimate of drug-likeness (QED) is 0.190. The largest absolute Gasteiger partial charge is 0.495 e. The highest BCUT2D eigenvalue weighted by atomic mass is 35.5. The number of hydrazine groups is 1. The third-order valence-corrected chi connectivity index (χ3v) is 10.3. The molecule has 0 aliphatic carbocycles. The zero-order valence-corrected chi connectivity index (χ0v) is 24.8. The Morgan fingerprint density at radius 3 is 2.12 bits per heavy atom. The summed E-state index contributed by atoms with van der Waals surface area (Å²) in [4.78, 5) is 24.9. The van der Waals surface area contributed by atoms with Crippen LogP contribution in [0.3, 0.4) is 0 Å². The lowest BCUT2D eigenvalue weighted by Crippen LogP contribution is -2.41. The van der Waals surface area contributed by atoms with Gasteiger partial charge in [0.05, 0.1) is 28.4 Å². The van der Waals surface area contributed by atoms with E-state index in [1.165, 1.54) is 43.5 Å². The fourth-order valence-electron chi connectivity index (χ4n) is 3.40. The lowest BCUT2D eigenvalue weighted by atomic mass is 10.2. The molecular formula is C25H20Cl2N4O7S3. The van der Waals surface area contributed by atoms with E-state index in [9.17, 15) is 26.4 Å². The normalized spacial score (nSPS) is 11.4. The molecule has 0 fully saturated rings. The fraction of sp³-hybridized carbons (Fsp3) is 0.0400. The Bertz CT molecular complexity index is 1810. The second-order valence-electron chi connectivity index (χ2n) is 8.09. The molecule has 214 valence electrons. The molecule has 2 amide bonds. The molecule has 0 bridgehead atoms. The third kappa shape index (κ3) is 7.10. The Labute approximate surface area is 249 Å². The number of nitrogens with one attached hydrogen (secondary N) is 4. The highest BCUT2D eigenvalue weighted by Gasteiger charge is 2.24. The van der Waals surface area contributed by atoms with Crippen molar-refractivity contribution < 1.29 is 31.2 Å². The molecule has 4 rings (SSSR count). The zero-order chi connectivity index (χ0) is 29.8. The van der Waals surface area contributed by atoms with E-state index in [1.54, 1.807) is 29.6 Å². The highest BCUT2D eigenvalue weighted by Crippen LogP contribution is 2.32. The Balaban J connectivity index is 1.45. The van der Waals surface area contributed by atoms with Gasteiger partial charge in [-0.1, -0.05) is 41.4 Å². The minimum absolute atomic E-state index is 0.0934. The van der Waals surface area contributed by atoms with E-state index in [0.29, 0.717) is 0 Å². The van der Waals surface area contributed by atoms with Crippen molar-refractivity contribution in [1.82, 2.24) is 10.9 Å². The first kappa shape index (κ1) is 30.1. The van der Waals surface area contributed by atoms with E-state index >= 15 is 0 Å². The van der Waals surface area contributed by atoms with Gasteiger partial charge in [-0.3, -0.25) is 29.9 Å². The van der Waals surface area contributed by atoms with Gasteiger partial charge in [0.1, 0.15) is 14.9 Å². The average Bonchev–Trinajstić information content (AvgIpc) is 3.48. The number of thiophene rings is 1. The van der Waals surface area contributed by atoms with Crippen LogP contribution in [-0.4, -0.2) is 35.8 Å². The van der Waals surface area contributed by atoms with Crippen molar-refractivity contribution in [1.29, 1.82) is 0 Å². The van der Waals surface area contributed by atoms with Gasteiger partial charge in [-0.25, -0.2) is 16.8 Å². The predicted molar refractivity (Wildman–Crippen MR) is 157 cm³/mol. The number of hydrogen-bond acceptors (Lipinski definition) is 8. The van der Waals surface area contributed by atoms with Crippen molar-refractivity contribution >= 4 is 77.8 Å². The molecule has 0 saturated carbocycles. The molecule has 1 heterocycles. The number of carbonyl (C=O) groups is 2. The molecule has 41 heavy (non-hydrogen) atoms. The summed E-state index contributed by atoms with van der Waals surface area (Å²) in [5, 5.41) is 1.22. The van der Waals surface area contributed by atoms with Crippen molar-refractivity contribution in [2.24, 2.45) is 0 Å². The molecule has 0 spiro atoms. The molecular weight excluding hydrogens is 635 g/mol. The third-order valence-electron chi connectivity index (χ3n) is 5.36. The van der Waals surface area contributed by atoms with Crippen molar-refractivity contribution in [3.63, 3.8) is 0 Å². The average molecular weight is 656 g/mol. The lowest BCUT2D eigenvalue weighted by molar-refractivity contribution is 0.0846. The van der Waals surface area contributed by atoms with Crippen LogP contribution in [-0.2, 0) is 20.0 Å². The zero-order valence-electron chi connectivity index (χ0n) is 20.8. The van der Waals surface area contributed by atoms with Gasteiger partial charge in [0.2, 0.25) is 0 Å². The van der Waals surface area contributed by atoms with E-state index < -0.39 is 36.8 Å². The number of benzene rings is 3. The van der Waals surface area contributed by atoms with E-state index in [4.69, 9.17) is 27.9 Å². The second-order valence-corrected chi connectivity index (χ2v) is 13.4. The summed E-state index contributed by atoms with van der Waals surface area (Å²) in [6.45, 7) is 0. The van der Waals surface area contributed by atoms with Gasteiger partial charge in [-0.05, 0) is 60.0 Å². The maximum absolute atomic E-state index is 13.1. The van der Waals surface area contributed by atoms with E-state index in [0.717, 1.165) is 23.5 Å². The van der Waals surface area contributed by atoms with Crippen LogP contribution in [0.25, 0.3) is 0 Å². The first-order valence-corrected chi connectivity index (χ1v) is 15.9.